The van der Waals surface area contributed by atoms with Gasteiger partial charge in [-0.15, -0.1) is 11.3 Å². The van der Waals surface area contributed by atoms with Crippen LogP contribution in [0.25, 0.3) is 0 Å². The van der Waals surface area contributed by atoms with Crippen molar-refractivity contribution in [2.45, 2.75) is 17.4 Å². The van der Waals surface area contributed by atoms with Gasteiger partial charge < -0.3 is 5.73 Å². The van der Waals surface area contributed by atoms with E-state index >= 15 is 0 Å². The van der Waals surface area contributed by atoms with E-state index < -0.39 is 9.84 Å². The molecular formula is C13H14ClNO2S2. The van der Waals surface area contributed by atoms with E-state index in [4.69, 9.17) is 17.3 Å². The average molecular weight is 316 g/mol. The van der Waals surface area contributed by atoms with Gasteiger partial charge in [0.05, 0.1) is 9.23 Å². The molecule has 1 unspecified atom stereocenters. The number of halogens is 1. The van der Waals surface area contributed by atoms with Gasteiger partial charge >= 0.3 is 0 Å². The highest BCUT2D eigenvalue weighted by molar-refractivity contribution is 7.90. The predicted octanol–water partition coefficient (Wildman–Crippen LogP) is 3.05. The predicted molar refractivity (Wildman–Crippen MR) is 79.5 cm³/mol. The zero-order valence-electron chi connectivity index (χ0n) is 10.3. The van der Waals surface area contributed by atoms with Gasteiger partial charge in [-0.05, 0) is 29.8 Å². The summed E-state index contributed by atoms with van der Waals surface area (Å²) >= 11 is 7.38. The van der Waals surface area contributed by atoms with Gasteiger partial charge in [-0.3, -0.25) is 0 Å². The van der Waals surface area contributed by atoms with Crippen LogP contribution in [0.5, 0.6) is 0 Å². The number of nitrogens with two attached hydrogens (primary N) is 1. The Bertz CT molecular complexity index is 662. The van der Waals surface area contributed by atoms with Crippen LogP contribution in [0.15, 0.2) is 41.3 Å². The summed E-state index contributed by atoms with van der Waals surface area (Å²) < 4.78 is 23.5. The number of benzene rings is 1. The quantitative estimate of drug-likeness (QED) is 0.943. The van der Waals surface area contributed by atoms with Crippen LogP contribution in [0.3, 0.4) is 0 Å². The van der Waals surface area contributed by atoms with Crippen LogP contribution in [0, 0.1) is 0 Å². The summed E-state index contributed by atoms with van der Waals surface area (Å²) in [6.45, 7) is 0. The lowest BCUT2D eigenvalue weighted by atomic mass is 10.0. The molecular weight excluding hydrogens is 302 g/mol. The van der Waals surface area contributed by atoms with E-state index in [2.05, 4.69) is 0 Å². The van der Waals surface area contributed by atoms with E-state index in [-0.39, 0.29) is 6.04 Å². The molecule has 2 rings (SSSR count). The summed E-state index contributed by atoms with van der Waals surface area (Å²) in [7, 11) is -3.16. The lowest BCUT2D eigenvalue weighted by molar-refractivity contribution is 0.601. The third-order valence-corrected chi connectivity index (χ3v) is 5.17. The van der Waals surface area contributed by atoms with Crippen molar-refractivity contribution in [1.29, 1.82) is 0 Å². The van der Waals surface area contributed by atoms with Gasteiger partial charge in [0.2, 0.25) is 0 Å². The van der Waals surface area contributed by atoms with Crippen molar-refractivity contribution < 1.29 is 8.42 Å². The summed E-state index contributed by atoms with van der Waals surface area (Å²) in [5, 5.41) is 0. The molecule has 0 amide bonds. The van der Waals surface area contributed by atoms with Gasteiger partial charge in [-0.25, -0.2) is 8.42 Å². The van der Waals surface area contributed by atoms with Gasteiger partial charge in [0.15, 0.2) is 9.84 Å². The van der Waals surface area contributed by atoms with Crippen molar-refractivity contribution in [2.24, 2.45) is 5.73 Å². The van der Waals surface area contributed by atoms with E-state index in [1.54, 1.807) is 24.3 Å². The highest BCUT2D eigenvalue weighted by atomic mass is 35.5. The van der Waals surface area contributed by atoms with E-state index in [9.17, 15) is 8.42 Å². The second-order valence-electron chi connectivity index (χ2n) is 4.36. The lowest BCUT2D eigenvalue weighted by Gasteiger charge is -2.11. The first-order valence-electron chi connectivity index (χ1n) is 5.66. The fourth-order valence-corrected chi connectivity index (χ4v) is 3.53. The largest absolute Gasteiger partial charge is 0.324 e. The maximum atomic E-state index is 11.4. The first kappa shape index (κ1) is 14.5. The van der Waals surface area contributed by atoms with Crippen molar-refractivity contribution in [3.63, 3.8) is 0 Å². The Morgan fingerprint density at radius 3 is 2.32 bits per heavy atom. The topological polar surface area (TPSA) is 60.2 Å². The molecule has 1 aromatic heterocycles. The Hall–Kier alpha value is -0.880. The average Bonchev–Trinajstić information content (AvgIpc) is 2.74. The van der Waals surface area contributed by atoms with Gasteiger partial charge in [0.25, 0.3) is 0 Å². The van der Waals surface area contributed by atoms with Crippen molar-refractivity contribution in [2.75, 3.05) is 6.26 Å². The molecule has 0 spiro atoms. The standard InChI is InChI=1S/C13H14ClNO2S2/c1-19(16,17)11-5-2-9(3-6-11)12(15)8-10-4-7-13(14)18-10/h2-7,12H,8,15H2,1H3. The Kier molecular flexibility index (Phi) is 4.30. The SMILES string of the molecule is CS(=O)(=O)c1ccc(C(N)Cc2ccc(Cl)s2)cc1. The molecule has 1 aromatic carbocycles. The molecule has 0 fully saturated rings. The normalized spacial score (nSPS) is 13.4. The molecule has 0 aliphatic heterocycles. The number of thiophene rings is 1. The fraction of sp³-hybridized carbons (Fsp3) is 0.231. The minimum Gasteiger partial charge on any atom is -0.324 e. The van der Waals surface area contributed by atoms with Crippen LogP contribution in [-0.2, 0) is 16.3 Å². The zero-order chi connectivity index (χ0) is 14.0. The van der Waals surface area contributed by atoms with E-state index in [1.807, 2.05) is 12.1 Å². The van der Waals surface area contributed by atoms with Crippen molar-refractivity contribution in [1.82, 2.24) is 0 Å². The number of rotatable bonds is 4. The summed E-state index contributed by atoms with van der Waals surface area (Å²) in [4.78, 5) is 1.42. The van der Waals surface area contributed by atoms with E-state index in [0.717, 1.165) is 14.8 Å². The lowest BCUT2D eigenvalue weighted by Crippen LogP contribution is -2.12. The van der Waals surface area contributed by atoms with E-state index in [1.165, 1.54) is 17.6 Å². The molecule has 0 aliphatic rings. The second-order valence-corrected chi connectivity index (χ2v) is 8.17. The van der Waals surface area contributed by atoms with Crippen LogP contribution >= 0.6 is 22.9 Å². The molecule has 2 N–H and O–H groups in total. The Balaban J connectivity index is 2.14. The van der Waals surface area contributed by atoms with Gasteiger partial charge in [0, 0.05) is 23.6 Å². The first-order valence-corrected chi connectivity index (χ1v) is 8.74. The summed E-state index contributed by atoms with van der Waals surface area (Å²) in [6.07, 6.45) is 1.88. The zero-order valence-corrected chi connectivity index (χ0v) is 12.7. The van der Waals surface area contributed by atoms with Crippen LogP contribution in [0.1, 0.15) is 16.5 Å². The minimum atomic E-state index is -3.16. The molecule has 1 atom stereocenters. The smallest absolute Gasteiger partial charge is 0.175 e. The third kappa shape index (κ3) is 3.79. The maximum absolute atomic E-state index is 11.4. The highest BCUT2D eigenvalue weighted by Crippen LogP contribution is 2.26. The molecule has 0 radical (unpaired) electrons. The molecule has 0 aliphatic carbocycles. The molecule has 0 saturated carbocycles. The summed E-state index contributed by atoms with van der Waals surface area (Å²) in [5.74, 6) is 0. The molecule has 0 bridgehead atoms. The Labute approximate surface area is 121 Å². The molecule has 6 heteroatoms. The highest BCUT2D eigenvalue weighted by Gasteiger charge is 2.11. The summed E-state index contributed by atoms with van der Waals surface area (Å²) in [5.41, 5.74) is 7.02. The second kappa shape index (κ2) is 5.63. The Morgan fingerprint density at radius 2 is 1.84 bits per heavy atom. The molecule has 102 valence electrons. The first-order chi connectivity index (χ1) is 8.86. The number of hydrogen-bond acceptors (Lipinski definition) is 4. The van der Waals surface area contributed by atoms with Crippen LogP contribution in [-0.4, -0.2) is 14.7 Å². The van der Waals surface area contributed by atoms with Crippen molar-refractivity contribution in [3.8, 4) is 0 Å². The molecule has 2 aromatic rings. The third-order valence-electron chi connectivity index (χ3n) is 2.79. The van der Waals surface area contributed by atoms with E-state index in [0.29, 0.717) is 11.3 Å². The Morgan fingerprint density at radius 1 is 1.21 bits per heavy atom. The molecule has 19 heavy (non-hydrogen) atoms. The van der Waals surface area contributed by atoms with Gasteiger partial charge in [-0.1, -0.05) is 23.7 Å². The van der Waals surface area contributed by atoms with Gasteiger partial charge in [-0.2, -0.15) is 0 Å². The number of sulfone groups is 1. The molecule has 3 nitrogen and oxygen atoms in total. The van der Waals surface area contributed by atoms with Gasteiger partial charge in [0.1, 0.15) is 0 Å². The van der Waals surface area contributed by atoms with Crippen molar-refractivity contribution in [3.05, 3.63) is 51.2 Å². The van der Waals surface area contributed by atoms with Crippen LogP contribution < -0.4 is 5.73 Å². The summed E-state index contributed by atoms with van der Waals surface area (Å²) in [6, 6.07) is 10.3. The van der Waals surface area contributed by atoms with Crippen LogP contribution in [0.2, 0.25) is 4.34 Å². The number of hydrogen-bond donors (Lipinski definition) is 1. The maximum Gasteiger partial charge on any atom is 0.175 e. The molecule has 0 saturated heterocycles. The fourth-order valence-electron chi connectivity index (χ4n) is 1.76. The molecule has 1 heterocycles. The van der Waals surface area contributed by atoms with Crippen LogP contribution in [0.4, 0.5) is 0 Å². The van der Waals surface area contributed by atoms with Crippen molar-refractivity contribution >= 4 is 32.8 Å². The monoisotopic (exact) mass is 315 g/mol. The minimum absolute atomic E-state index is 0.164.